The topological polar surface area (TPSA) is 59.1 Å². The highest BCUT2D eigenvalue weighted by Crippen LogP contribution is 2.55. The molecule has 9 rings (SSSR count). The molecule has 0 spiro atoms. The number of rotatable bonds is 2. The van der Waals surface area contributed by atoms with Gasteiger partial charge >= 0.3 is 0 Å². The lowest BCUT2D eigenvalue weighted by molar-refractivity contribution is 0.476. The molecule has 3 aliphatic heterocycles. The highest BCUT2D eigenvalue weighted by Gasteiger charge is 2.36. The maximum absolute atomic E-state index is 13.8. The highest BCUT2D eigenvalue weighted by molar-refractivity contribution is 7.92. The zero-order valence-corrected chi connectivity index (χ0v) is 23.5. The van der Waals surface area contributed by atoms with Crippen LogP contribution in [0.15, 0.2) is 143 Å². The number of ether oxygens (including phenoxy) is 2. The average Bonchev–Trinajstić information content (AvgIpc) is 3.27. The number of nitrogens with zero attached hydrogens (tertiary/aromatic N) is 2. The molecule has 6 nitrogen and oxygen atoms in total. The Morgan fingerprint density at radius 2 is 0.744 bits per heavy atom. The summed E-state index contributed by atoms with van der Waals surface area (Å²) in [6.07, 6.45) is 0. The van der Waals surface area contributed by atoms with Crippen molar-refractivity contribution in [1.82, 2.24) is 0 Å². The minimum atomic E-state index is -3.69. The Labute approximate surface area is 248 Å². The van der Waals surface area contributed by atoms with Gasteiger partial charge in [-0.25, -0.2) is 8.42 Å². The second-order valence-electron chi connectivity index (χ2n) is 10.6. The molecule has 0 N–H and O–H groups in total. The van der Waals surface area contributed by atoms with E-state index in [9.17, 15) is 8.42 Å². The Hall–Kier alpha value is -5.53. The molecule has 3 aliphatic rings. The first-order valence-corrected chi connectivity index (χ1v) is 15.4. The van der Waals surface area contributed by atoms with Crippen molar-refractivity contribution in [3.05, 3.63) is 133 Å². The van der Waals surface area contributed by atoms with Gasteiger partial charge < -0.3 is 19.3 Å². The van der Waals surface area contributed by atoms with E-state index in [2.05, 4.69) is 9.80 Å². The van der Waals surface area contributed by atoms with Gasteiger partial charge in [0.25, 0.3) is 0 Å². The maximum atomic E-state index is 13.8. The van der Waals surface area contributed by atoms with Crippen LogP contribution < -0.4 is 19.3 Å². The number of anilines is 6. The van der Waals surface area contributed by atoms with Crippen molar-refractivity contribution in [3.63, 3.8) is 0 Å². The zero-order chi connectivity index (χ0) is 28.7. The van der Waals surface area contributed by atoms with Crippen LogP contribution in [0.25, 0.3) is 11.1 Å². The summed E-state index contributed by atoms with van der Waals surface area (Å²) < 4.78 is 40.0. The van der Waals surface area contributed by atoms with Crippen molar-refractivity contribution >= 4 is 44.0 Å². The Balaban J connectivity index is 1.24. The van der Waals surface area contributed by atoms with E-state index in [1.165, 1.54) is 0 Å². The summed E-state index contributed by atoms with van der Waals surface area (Å²) in [6.45, 7) is 0. The van der Waals surface area contributed by atoms with Gasteiger partial charge in [-0.2, -0.15) is 0 Å². The van der Waals surface area contributed by atoms with Gasteiger partial charge in [0.2, 0.25) is 9.84 Å². The van der Waals surface area contributed by atoms with Gasteiger partial charge in [-0.1, -0.05) is 48.5 Å². The molecule has 0 radical (unpaired) electrons. The molecule has 0 bridgehead atoms. The van der Waals surface area contributed by atoms with E-state index in [0.29, 0.717) is 20.9 Å². The number of benzene rings is 6. The molecule has 0 aliphatic carbocycles. The second kappa shape index (κ2) is 8.74. The molecule has 0 amide bonds. The Morgan fingerprint density at radius 1 is 0.419 bits per heavy atom. The van der Waals surface area contributed by atoms with E-state index in [1.807, 2.05) is 121 Å². The highest BCUT2D eigenvalue weighted by atomic mass is 32.2. The van der Waals surface area contributed by atoms with Crippen molar-refractivity contribution in [2.75, 3.05) is 9.80 Å². The van der Waals surface area contributed by atoms with Crippen LogP contribution in [0.2, 0.25) is 0 Å². The molecular weight excluding hydrogens is 556 g/mol. The van der Waals surface area contributed by atoms with Gasteiger partial charge in [0.05, 0.1) is 32.5 Å². The van der Waals surface area contributed by atoms with Gasteiger partial charge in [0.15, 0.2) is 23.0 Å². The summed E-state index contributed by atoms with van der Waals surface area (Å²) in [4.78, 5) is 4.86. The first-order valence-electron chi connectivity index (χ1n) is 13.9. The molecule has 0 fully saturated rings. The standard InChI is InChI=1S/C36H22N2O4S/c39-43(40)35-19-17-23(37-27-9-1-5-13-31(27)41-32-14-6-2-10-28(32)37)21-25(35)26-22-24(18-20-36(26)43)38-29-11-3-7-15-33(29)42-34-16-8-4-12-30(34)38/h1-22H. The summed E-state index contributed by atoms with van der Waals surface area (Å²) in [5.41, 5.74) is 6.58. The van der Waals surface area contributed by atoms with Crippen molar-refractivity contribution in [2.24, 2.45) is 0 Å². The van der Waals surface area contributed by atoms with Crippen LogP contribution in [0.4, 0.5) is 34.1 Å². The van der Waals surface area contributed by atoms with Crippen LogP contribution in [-0.4, -0.2) is 8.42 Å². The number of fused-ring (bicyclic) bond motifs is 7. The minimum absolute atomic E-state index is 0.306. The second-order valence-corrected chi connectivity index (χ2v) is 12.5. The van der Waals surface area contributed by atoms with Crippen LogP contribution in [0, 0.1) is 0 Å². The van der Waals surface area contributed by atoms with Crippen LogP contribution in [0.1, 0.15) is 0 Å². The fourth-order valence-corrected chi connectivity index (χ4v) is 7.94. The van der Waals surface area contributed by atoms with E-state index >= 15 is 0 Å². The monoisotopic (exact) mass is 578 g/mol. The van der Waals surface area contributed by atoms with Crippen molar-refractivity contribution in [1.29, 1.82) is 0 Å². The van der Waals surface area contributed by atoms with Crippen molar-refractivity contribution in [3.8, 4) is 34.1 Å². The maximum Gasteiger partial charge on any atom is 0.207 e. The van der Waals surface area contributed by atoms with E-state index in [0.717, 1.165) is 57.1 Å². The van der Waals surface area contributed by atoms with E-state index in [1.54, 1.807) is 12.1 Å². The van der Waals surface area contributed by atoms with Gasteiger partial charge in [0.1, 0.15) is 0 Å². The largest absolute Gasteiger partial charge is 0.453 e. The van der Waals surface area contributed by atoms with Gasteiger partial charge in [-0.15, -0.1) is 0 Å². The van der Waals surface area contributed by atoms with Crippen LogP contribution >= 0.6 is 0 Å². The predicted molar refractivity (Wildman–Crippen MR) is 167 cm³/mol. The first-order chi connectivity index (χ1) is 21.1. The number of sulfone groups is 1. The lowest BCUT2D eigenvalue weighted by Crippen LogP contribution is -2.16. The Bertz CT molecular complexity index is 2000. The average molecular weight is 579 g/mol. The first kappa shape index (κ1) is 24.1. The molecule has 6 aromatic carbocycles. The smallest absolute Gasteiger partial charge is 0.207 e. The van der Waals surface area contributed by atoms with Gasteiger partial charge in [0, 0.05) is 22.5 Å². The molecule has 43 heavy (non-hydrogen) atoms. The molecule has 0 saturated carbocycles. The summed E-state index contributed by atoms with van der Waals surface area (Å²) >= 11 is 0. The minimum Gasteiger partial charge on any atom is -0.453 e. The predicted octanol–water partition coefficient (Wildman–Crippen LogP) is 9.65. The van der Waals surface area contributed by atoms with E-state index < -0.39 is 9.84 Å². The molecule has 0 aromatic heterocycles. The fourth-order valence-electron chi connectivity index (χ4n) is 6.29. The molecule has 3 heterocycles. The SMILES string of the molecule is O=S1(=O)c2ccc(N3c4ccccc4Oc4ccccc43)cc2-c2cc(N3c4ccccc4Oc4ccccc43)ccc21. The Morgan fingerprint density at radius 3 is 1.09 bits per heavy atom. The number of hydrogen-bond acceptors (Lipinski definition) is 6. The quantitative estimate of drug-likeness (QED) is 0.204. The number of hydrogen-bond donors (Lipinski definition) is 0. The van der Waals surface area contributed by atoms with Gasteiger partial charge in [-0.05, 0) is 84.9 Å². The van der Waals surface area contributed by atoms with E-state index in [4.69, 9.17) is 9.47 Å². The van der Waals surface area contributed by atoms with Gasteiger partial charge in [-0.3, -0.25) is 0 Å². The fraction of sp³-hybridized carbons (Fsp3) is 0. The van der Waals surface area contributed by atoms with E-state index in [-0.39, 0.29) is 0 Å². The molecular formula is C36H22N2O4S. The third-order valence-corrected chi connectivity index (χ3v) is 10.0. The summed E-state index contributed by atoms with van der Waals surface area (Å²) in [6, 6.07) is 42.6. The number of para-hydroxylation sites is 8. The van der Waals surface area contributed by atoms with Crippen LogP contribution in [0.3, 0.4) is 0 Å². The molecule has 6 aromatic rings. The summed E-state index contributed by atoms with van der Waals surface area (Å²) in [7, 11) is -3.69. The molecule has 206 valence electrons. The van der Waals surface area contributed by atoms with Crippen LogP contribution in [0.5, 0.6) is 23.0 Å². The lowest BCUT2D eigenvalue weighted by atomic mass is 10.0. The molecule has 0 saturated heterocycles. The normalized spacial score (nSPS) is 14.7. The Kier molecular flexibility index (Phi) is 4.90. The lowest BCUT2D eigenvalue weighted by Gasteiger charge is -2.33. The van der Waals surface area contributed by atoms with Crippen LogP contribution in [-0.2, 0) is 9.84 Å². The molecule has 0 unspecified atom stereocenters. The summed E-state index contributed by atoms with van der Waals surface area (Å²) in [5, 5.41) is 0. The zero-order valence-electron chi connectivity index (χ0n) is 22.6. The van der Waals surface area contributed by atoms with Crippen molar-refractivity contribution < 1.29 is 17.9 Å². The molecule has 7 heteroatoms. The third-order valence-electron chi connectivity index (χ3n) is 8.18. The van der Waals surface area contributed by atoms with Crippen molar-refractivity contribution in [2.45, 2.75) is 9.79 Å². The third kappa shape index (κ3) is 3.43. The molecule has 0 atom stereocenters. The summed E-state index contributed by atoms with van der Waals surface area (Å²) in [5.74, 6) is 2.95.